The Bertz CT molecular complexity index is 537. The third kappa shape index (κ3) is 3.30. The van der Waals surface area contributed by atoms with Crippen LogP contribution in [0.5, 0.6) is 5.75 Å². The molecule has 0 aliphatic carbocycles. The molecular weight excluding hydrogens is 252 g/mol. The molecule has 0 aliphatic rings. The van der Waals surface area contributed by atoms with Crippen LogP contribution in [0.1, 0.15) is 19.4 Å². The van der Waals surface area contributed by atoms with Gasteiger partial charge in [-0.3, -0.25) is 0 Å². The number of nitrogens with zero attached hydrogens (tertiary/aromatic N) is 4. The maximum Gasteiger partial charge on any atom is 0.141 e. The fourth-order valence-electron chi connectivity index (χ4n) is 1.37. The summed E-state index contributed by atoms with van der Waals surface area (Å²) in [6.07, 6.45) is 4.76. The molecule has 6 heteroatoms. The van der Waals surface area contributed by atoms with Gasteiger partial charge >= 0.3 is 0 Å². The van der Waals surface area contributed by atoms with E-state index in [0.29, 0.717) is 5.02 Å². The zero-order valence-corrected chi connectivity index (χ0v) is 10.9. The second-order valence-electron chi connectivity index (χ2n) is 3.94. The molecule has 94 valence electrons. The lowest BCUT2D eigenvalue weighted by atomic mass is 10.2. The van der Waals surface area contributed by atoms with E-state index in [2.05, 4.69) is 15.3 Å². The smallest absolute Gasteiger partial charge is 0.141 e. The van der Waals surface area contributed by atoms with E-state index in [1.165, 1.54) is 17.3 Å². The number of hydrogen-bond donors (Lipinski definition) is 0. The highest BCUT2D eigenvalue weighted by Crippen LogP contribution is 2.22. The van der Waals surface area contributed by atoms with Crippen molar-refractivity contribution < 1.29 is 4.74 Å². The summed E-state index contributed by atoms with van der Waals surface area (Å²) in [6, 6.07) is 5.42. The van der Waals surface area contributed by atoms with E-state index < -0.39 is 0 Å². The van der Waals surface area contributed by atoms with Crippen molar-refractivity contribution in [3.63, 3.8) is 0 Å². The summed E-state index contributed by atoms with van der Waals surface area (Å²) in [7, 11) is 0. The number of aromatic nitrogens is 3. The Kier molecular flexibility index (Phi) is 3.94. The topological polar surface area (TPSA) is 52.3 Å². The van der Waals surface area contributed by atoms with Gasteiger partial charge in [0.25, 0.3) is 0 Å². The summed E-state index contributed by atoms with van der Waals surface area (Å²) < 4.78 is 7.18. The van der Waals surface area contributed by atoms with Gasteiger partial charge in [0.15, 0.2) is 0 Å². The Hall–Kier alpha value is -1.88. The molecule has 0 amide bonds. The van der Waals surface area contributed by atoms with Crippen molar-refractivity contribution in [1.29, 1.82) is 0 Å². The first-order valence-corrected chi connectivity index (χ1v) is 5.88. The van der Waals surface area contributed by atoms with Crippen LogP contribution in [-0.4, -0.2) is 27.2 Å². The van der Waals surface area contributed by atoms with E-state index in [-0.39, 0.29) is 6.10 Å². The van der Waals surface area contributed by atoms with Gasteiger partial charge in [-0.1, -0.05) is 11.6 Å². The number of rotatable bonds is 4. The summed E-state index contributed by atoms with van der Waals surface area (Å²) in [4.78, 5) is 0. The molecule has 0 spiro atoms. The Morgan fingerprint density at radius 2 is 2.06 bits per heavy atom. The molecular formula is C12H13ClN4O. The van der Waals surface area contributed by atoms with Crippen LogP contribution in [0.15, 0.2) is 36.0 Å². The van der Waals surface area contributed by atoms with Crippen molar-refractivity contribution in [2.45, 2.75) is 20.0 Å². The molecule has 2 aromatic rings. The van der Waals surface area contributed by atoms with Gasteiger partial charge in [0, 0.05) is 10.6 Å². The van der Waals surface area contributed by atoms with Crippen molar-refractivity contribution >= 4 is 17.8 Å². The number of ether oxygens (including phenoxy) is 1. The molecule has 0 aliphatic heterocycles. The monoisotopic (exact) mass is 264 g/mol. The van der Waals surface area contributed by atoms with E-state index in [1.54, 1.807) is 18.3 Å². The van der Waals surface area contributed by atoms with E-state index in [0.717, 1.165) is 11.3 Å². The van der Waals surface area contributed by atoms with Gasteiger partial charge in [-0.05, 0) is 32.0 Å². The lowest BCUT2D eigenvalue weighted by molar-refractivity contribution is 0.242. The van der Waals surface area contributed by atoms with Crippen LogP contribution in [0.4, 0.5) is 0 Å². The molecule has 18 heavy (non-hydrogen) atoms. The molecule has 1 aromatic carbocycles. The van der Waals surface area contributed by atoms with Crippen molar-refractivity contribution in [1.82, 2.24) is 14.9 Å². The molecule has 0 saturated carbocycles. The summed E-state index contributed by atoms with van der Waals surface area (Å²) in [5, 5.41) is 12.1. The first-order valence-electron chi connectivity index (χ1n) is 5.50. The first-order chi connectivity index (χ1) is 8.65. The molecule has 0 radical (unpaired) electrons. The van der Waals surface area contributed by atoms with Crippen molar-refractivity contribution in [2.24, 2.45) is 5.10 Å². The third-order valence-electron chi connectivity index (χ3n) is 2.07. The maximum atomic E-state index is 5.97. The van der Waals surface area contributed by atoms with Gasteiger partial charge in [0.05, 0.1) is 12.3 Å². The molecule has 0 bridgehead atoms. The van der Waals surface area contributed by atoms with Crippen LogP contribution >= 0.6 is 11.6 Å². The SMILES string of the molecule is CC(C)Oc1ccc(Cl)cc1/C=N/n1cnnc1. The van der Waals surface area contributed by atoms with Crippen molar-refractivity contribution in [3.8, 4) is 5.75 Å². The van der Waals surface area contributed by atoms with Gasteiger partial charge in [0.1, 0.15) is 18.4 Å². The van der Waals surface area contributed by atoms with Crippen LogP contribution in [0, 0.1) is 0 Å². The minimum Gasteiger partial charge on any atom is -0.490 e. The highest BCUT2D eigenvalue weighted by atomic mass is 35.5. The van der Waals surface area contributed by atoms with Crippen LogP contribution in [-0.2, 0) is 0 Å². The van der Waals surface area contributed by atoms with E-state index in [4.69, 9.17) is 16.3 Å². The highest BCUT2D eigenvalue weighted by molar-refractivity contribution is 6.30. The standard InChI is InChI=1S/C12H13ClN4O/c1-9(2)18-12-4-3-11(13)5-10(12)6-16-17-7-14-15-8-17/h3-9H,1-2H3/b16-6+. The van der Waals surface area contributed by atoms with Gasteiger partial charge in [0.2, 0.25) is 0 Å². The first kappa shape index (κ1) is 12.6. The summed E-state index contributed by atoms with van der Waals surface area (Å²) in [5.74, 6) is 0.742. The zero-order chi connectivity index (χ0) is 13.0. The minimum atomic E-state index is 0.0910. The van der Waals surface area contributed by atoms with Crippen LogP contribution in [0.3, 0.4) is 0 Å². The summed E-state index contributed by atoms with van der Waals surface area (Å²) in [6.45, 7) is 3.94. The normalized spacial score (nSPS) is 11.3. The second-order valence-corrected chi connectivity index (χ2v) is 4.37. The lowest BCUT2D eigenvalue weighted by Crippen LogP contribution is -2.07. The molecule has 0 fully saturated rings. The number of benzene rings is 1. The van der Waals surface area contributed by atoms with Gasteiger partial charge < -0.3 is 4.74 Å². The number of hydrogen-bond acceptors (Lipinski definition) is 4. The number of halogens is 1. The molecule has 0 unspecified atom stereocenters. The molecule has 5 nitrogen and oxygen atoms in total. The largest absolute Gasteiger partial charge is 0.490 e. The van der Waals surface area contributed by atoms with Crippen LogP contribution in [0.25, 0.3) is 0 Å². The van der Waals surface area contributed by atoms with E-state index >= 15 is 0 Å². The van der Waals surface area contributed by atoms with Gasteiger partial charge in [-0.2, -0.15) is 5.10 Å². The van der Waals surface area contributed by atoms with Gasteiger partial charge in [-0.25, -0.2) is 4.68 Å². The van der Waals surface area contributed by atoms with Crippen LogP contribution < -0.4 is 4.74 Å². The van der Waals surface area contributed by atoms with Crippen molar-refractivity contribution in [2.75, 3.05) is 0 Å². The van der Waals surface area contributed by atoms with Gasteiger partial charge in [-0.15, -0.1) is 10.2 Å². The molecule has 1 heterocycles. The Morgan fingerprint density at radius 3 is 2.72 bits per heavy atom. The predicted octanol–water partition coefficient (Wildman–Crippen LogP) is 2.60. The average Bonchev–Trinajstić information content (AvgIpc) is 2.82. The maximum absolute atomic E-state index is 5.97. The molecule has 0 atom stereocenters. The molecule has 2 rings (SSSR count). The lowest BCUT2D eigenvalue weighted by Gasteiger charge is -2.12. The van der Waals surface area contributed by atoms with Crippen LogP contribution in [0.2, 0.25) is 5.02 Å². The Morgan fingerprint density at radius 1 is 1.33 bits per heavy atom. The highest BCUT2D eigenvalue weighted by Gasteiger charge is 2.04. The zero-order valence-electron chi connectivity index (χ0n) is 10.1. The van der Waals surface area contributed by atoms with E-state index in [9.17, 15) is 0 Å². The van der Waals surface area contributed by atoms with E-state index in [1.807, 2.05) is 19.9 Å². The predicted molar refractivity (Wildman–Crippen MR) is 70.2 cm³/mol. The Labute approximate surface area is 110 Å². The molecule has 1 aromatic heterocycles. The third-order valence-corrected chi connectivity index (χ3v) is 2.31. The molecule has 0 saturated heterocycles. The quantitative estimate of drug-likeness (QED) is 0.798. The molecule has 0 N–H and O–H groups in total. The average molecular weight is 265 g/mol. The summed E-state index contributed by atoms with van der Waals surface area (Å²) in [5.41, 5.74) is 0.810. The summed E-state index contributed by atoms with van der Waals surface area (Å²) >= 11 is 5.97. The fraction of sp³-hybridized carbons (Fsp3) is 0.250. The van der Waals surface area contributed by atoms with Crippen molar-refractivity contribution in [3.05, 3.63) is 41.4 Å². The Balaban J connectivity index is 2.27. The minimum absolute atomic E-state index is 0.0910. The fourth-order valence-corrected chi connectivity index (χ4v) is 1.55. The second kappa shape index (κ2) is 5.64.